The highest BCUT2D eigenvalue weighted by Crippen LogP contribution is 2.13. The first-order valence-electron chi connectivity index (χ1n) is 5.71. The molecule has 5 nitrogen and oxygen atoms in total. The molecule has 1 aromatic carbocycles. The van der Waals surface area contributed by atoms with E-state index in [1.165, 1.54) is 0 Å². The van der Waals surface area contributed by atoms with Gasteiger partial charge in [-0.2, -0.15) is 0 Å². The quantitative estimate of drug-likeness (QED) is 0.747. The minimum Gasteiger partial charge on any atom is -0.482 e. The molecule has 1 rings (SSSR count). The summed E-state index contributed by atoms with van der Waals surface area (Å²) in [5.74, 6) is -0.734. The Balaban J connectivity index is 2.40. The first-order valence-corrected chi connectivity index (χ1v) is 5.71. The molecular formula is C13H16O5. The van der Waals surface area contributed by atoms with Gasteiger partial charge in [-0.1, -0.05) is 12.1 Å². The Hall–Kier alpha value is -2.04. The Morgan fingerprint density at radius 3 is 2.44 bits per heavy atom. The minimum atomic E-state index is -1.01. The van der Waals surface area contributed by atoms with Gasteiger partial charge in [0.2, 0.25) is 0 Å². The number of benzene rings is 1. The number of aliphatic carboxylic acids is 1. The number of aryl methyl sites for hydroxylation is 1. The summed E-state index contributed by atoms with van der Waals surface area (Å²) in [5.41, 5.74) is 0.978. The molecule has 0 unspecified atom stereocenters. The Morgan fingerprint density at radius 1 is 1.22 bits per heavy atom. The van der Waals surface area contributed by atoms with Crippen molar-refractivity contribution in [1.29, 1.82) is 0 Å². The summed E-state index contributed by atoms with van der Waals surface area (Å²) in [6.07, 6.45) is 0.932. The van der Waals surface area contributed by atoms with Gasteiger partial charge in [-0.3, -0.25) is 4.79 Å². The van der Waals surface area contributed by atoms with Gasteiger partial charge in [-0.25, -0.2) is 4.79 Å². The summed E-state index contributed by atoms with van der Waals surface area (Å²) in [6.45, 7) is 1.80. The van der Waals surface area contributed by atoms with E-state index in [2.05, 4.69) is 0 Å². The fraction of sp³-hybridized carbons (Fsp3) is 0.385. The van der Waals surface area contributed by atoms with Gasteiger partial charge in [0.15, 0.2) is 6.61 Å². The van der Waals surface area contributed by atoms with Crippen LogP contribution >= 0.6 is 0 Å². The molecule has 1 aromatic rings. The second-order valence-electron chi connectivity index (χ2n) is 3.63. The monoisotopic (exact) mass is 252 g/mol. The van der Waals surface area contributed by atoms with E-state index in [1.807, 2.05) is 0 Å². The average molecular weight is 252 g/mol. The molecule has 0 fully saturated rings. The second kappa shape index (κ2) is 7.32. The van der Waals surface area contributed by atoms with Crippen molar-refractivity contribution in [3.63, 3.8) is 0 Å². The third kappa shape index (κ3) is 5.34. The summed E-state index contributed by atoms with van der Waals surface area (Å²) in [4.78, 5) is 21.5. The normalized spacial score (nSPS) is 9.83. The fourth-order valence-electron chi connectivity index (χ4n) is 1.38. The van der Waals surface area contributed by atoms with Crippen LogP contribution < -0.4 is 4.74 Å². The van der Waals surface area contributed by atoms with Crippen molar-refractivity contribution >= 4 is 11.9 Å². The van der Waals surface area contributed by atoms with E-state index in [0.717, 1.165) is 5.56 Å². The molecule has 0 saturated carbocycles. The Kier molecular flexibility index (Phi) is 5.70. The summed E-state index contributed by atoms with van der Waals surface area (Å²) in [5, 5.41) is 8.45. The molecule has 0 aliphatic carbocycles. The number of hydrogen-bond acceptors (Lipinski definition) is 4. The van der Waals surface area contributed by atoms with Crippen LogP contribution in [0.15, 0.2) is 24.3 Å². The topological polar surface area (TPSA) is 72.8 Å². The number of rotatable bonds is 7. The number of carbonyl (C=O) groups is 2. The minimum absolute atomic E-state index is 0.219. The first kappa shape index (κ1) is 14.0. The maximum Gasteiger partial charge on any atom is 0.341 e. The molecule has 5 heteroatoms. The zero-order chi connectivity index (χ0) is 13.4. The van der Waals surface area contributed by atoms with Crippen LogP contribution in [0.25, 0.3) is 0 Å². The predicted octanol–water partition coefficient (Wildman–Crippen LogP) is 1.65. The Bertz CT molecular complexity index is 396. The van der Waals surface area contributed by atoms with Crippen molar-refractivity contribution in [2.24, 2.45) is 0 Å². The molecule has 0 aliphatic rings. The maximum atomic E-state index is 11.1. The third-order valence-electron chi connectivity index (χ3n) is 2.21. The molecule has 1 N–H and O–H groups in total. The van der Waals surface area contributed by atoms with E-state index < -0.39 is 5.97 Å². The van der Waals surface area contributed by atoms with Crippen molar-refractivity contribution in [2.75, 3.05) is 13.2 Å². The van der Waals surface area contributed by atoms with Gasteiger partial charge in [0.1, 0.15) is 5.75 Å². The number of carboxylic acid groups (broad SMARTS) is 1. The number of carbonyl (C=O) groups excluding carboxylic acids is 1. The molecule has 18 heavy (non-hydrogen) atoms. The average Bonchev–Trinajstić information content (AvgIpc) is 2.35. The highest BCUT2D eigenvalue weighted by Gasteiger charge is 2.03. The molecule has 0 heterocycles. The molecular weight excluding hydrogens is 236 g/mol. The smallest absolute Gasteiger partial charge is 0.341 e. The highest BCUT2D eigenvalue weighted by atomic mass is 16.5. The lowest BCUT2D eigenvalue weighted by atomic mass is 10.1. The molecule has 0 aliphatic heterocycles. The Morgan fingerprint density at radius 2 is 1.89 bits per heavy atom. The molecule has 0 bridgehead atoms. The number of esters is 1. The van der Waals surface area contributed by atoms with Crippen molar-refractivity contribution < 1.29 is 24.2 Å². The van der Waals surface area contributed by atoms with Gasteiger partial charge < -0.3 is 14.6 Å². The van der Waals surface area contributed by atoms with Gasteiger partial charge in [0.05, 0.1) is 6.61 Å². The highest BCUT2D eigenvalue weighted by molar-refractivity contribution is 5.69. The molecule has 0 saturated heterocycles. The van der Waals surface area contributed by atoms with Crippen LogP contribution in [0.4, 0.5) is 0 Å². The Labute approximate surface area is 105 Å². The van der Waals surface area contributed by atoms with Gasteiger partial charge in [-0.05, 0) is 31.0 Å². The lowest BCUT2D eigenvalue weighted by molar-refractivity contribution is -0.143. The van der Waals surface area contributed by atoms with Crippen molar-refractivity contribution in [1.82, 2.24) is 0 Å². The largest absolute Gasteiger partial charge is 0.482 e. The van der Waals surface area contributed by atoms with E-state index in [1.54, 1.807) is 31.2 Å². The lowest BCUT2D eigenvalue weighted by Crippen LogP contribution is -2.09. The van der Waals surface area contributed by atoms with E-state index in [9.17, 15) is 9.59 Å². The molecule has 0 radical (unpaired) electrons. The van der Waals surface area contributed by atoms with Crippen LogP contribution in [0.5, 0.6) is 5.75 Å². The molecule has 0 amide bonds. The van der Waals surface area contributed by atoms with E-state index in [-0.39, 0.29) is 12.6 Å². The molecule has 0 aromatic heterocycles. The van der Waals surface area contributed by atoms with Crippen LogP contribution in [0.1, 0.15) is 18.9 Å². The lowest BCUT2D eigenvalue weighted by Gasteiger charge is -2.05. The predicted molar refractivity (Wildman–Crippen MR) is 64.5 cm³/mol. The number of ether oxygens (including phenoxy) is 2. The fourth-order valence-corrected chi connectivity index (χ4v) is 1.38. The number of hydrogen-bond donors (Lipinski definition) is 1. The molecule has 98 valence electrons. The van der Waals surface area contributed by atoms with Crippen LogP contribution in [0.2, 0.25) is 0 Å². The summed E-state index contributed by atoms with van der Waals surface area (Å²) < 4.78 is 9.82. The van der Waals surface area contributed by atoms with Gasteiger partial charge in [0.25, 0.3) is 0 Å². The van der Waals surface area contributed by atoms with E-state index in [4.69, 9.17) is 14.6 Å². The van der Waals surface area contributed by atoms with Crippen molar-refractivity contribution in [2.45, 2.75) is 19.8 Å². The first-order chi connectivity index (χ1) is 8.61. The van der Waals surface area contributed by atoms with E-state index >= 15 is 0 Å². The van der Waals surface area contributed by atoms with Crippen LogP contribution in [0.3, 0.4) is 0 Å². The summed E-state index contributed by atoms with van der Waals surface area (Å²) in [7, 11) is 0. The molecule has 0 atom stereocenters. The second-order valence-corrected chi connectivity index (χ2v) is 3.63. The number of carboxylic acids is 1. The summed E-state index contributed by atoms with van der Waals surface area (Å²) in [6, 6.07) is 6.97. The van der Waals surface area contributed by atoms with Crippen LogP contribution in [-0.2, 0) is 20.7 Å². The standard InChI is InChI=1S/C13H16O5/c1-2-17-13(16)8-5-10-3-6-11(7-4-10)18-9-12(14)15/h3-4,6-7H,2,5,8-9H2,1H3,(H,14,15). The van der Waals surface area contributed by atoms with Gasteiger partial charge >= 0.3 is 11.9 Å². The van der Waals surface area contributed by atoms with Crippen LogP contribution in [-0.4, -0.2) is 30.3 Å². The van der Waals surface area contributed by atoms with Crippen molar-refractivity contribution in [3.8, 4) is 5.75 Å². The zero-order valence-corrected chi connectivity index (χ0v) is 10.2. The van der Waals surface area contributed by atoms with Gasteiger partial charge in [-0.15, -0.1) is 0 Å². The SMILES string of the molecule is CCOC(=O)CCc1ccc(OCC(=O)O)cc1. The van der Waals surface area contributed by atoms with Crippen molar-refractivity contribution in [3.05, 3.63) is 29.8 Å². The summed E-state index contributed by atoms with van der Waals surface area (Å²) >= 11 is 0. The van der Waals surface area contributed by atoms with Crippen LogP contribution in [0, 0.1) is 0 Å². The zero-order valence-electron chi connectivity index (χ0n) is 10.2. The van der Waals surface area contributed by atoms with E-state index in [0.29, 0.717) is 25.2 Å². The maximum absolute atomic E-state index is 11.1. The molecule has 0 spiro atoms. The van der Waals surface area contributed by atoms with Gasteiger partial charge in [0, 0.05) is 6.42 Å². The third-order valence-corrected chi connectivity index (χ3v) is 2.21.